The quantitative estimate of drug-likeness (QED) is 0.813. The molecule has 0 radical (unpaired) electrons. The fourth-order valence-electron chi connectivity index (χ4n) is 3.27. The zero-order valence-electron chi connectivity index (χ0n) is 11.8. The number of rotatable bonds is 1. The normalized spacial score (nSPS) is 19.5. The van der Waals surface area contributed by atoms with Gasteiger partial charge in [-0.1, -0.05) is 12.1 Å². The van der Waals surface area contributed by atoms with Crippen LogP contribution in [0.5, 0.6) is 0 Å². The van der Waals surface area contributed by atoms with Gasteiger partial charge in [0, 0.05) is 22.6 Å². The summed E-state index contributed by atoms with van der Waals surface area (Å²) in [5, 5.41) is 1.48. The fourth-order valence-corrected chi connectivity index (χ4v) is 3.27. The Hall–Kier alpha value is -1.28. The first-order valence-corrected chi connectivity index (χ1v) is 6.84. The topological polar surface area (TPSA) is 19.0 Å². The van der Waals surface area contributed by atoms with Crippen molar-refractivity contribution in [2.45, 2.75) is 39.2 Å². The molecule has 2 nitrogen and oxygen atoms in total. The molecule has 0 aliphatic heterocycles. The molecule has 0 bridgehead atoms. The highest BCUT2D eigenvalue weighted by atomic mass is 15.1. The third kappa shape index (κ3) is 1.67. The van der Waals surface area contributed by atoms with Crippen LogP contribution in [0.25, 0.3) is 10.9 Å². The van der Waals surface area contributed by atoms with E-state index < -0.39 is 0 Å². The lowest BCUT2D eigenvalue weighted by molar-refractivity contribution is 0.268. The zero-order valence-corrected chi connectivity index (χ0v) is 11.8. The monoisotopic (exact) mass is 242 g/mol. The largest absolute Gasteiger partial charge is 0.358 e. The minimum atomic E-state index is 0.691. The fraction of sp³-hybridized carbons (Fsp3) is 0.500. The van der Waals surface area contributed by atoms with Gasteiger partial charge in [-0.3, -0.25) is 0 Å². The summed E-state index contributed by atoms with van der Waals surface area (Å²) in [6, 6.07) is 5.17. The van der Waals surface area contributed by atoms with Crippen molar-refractivity contribution >= 4 is 10.9 Å². The summed E-state index contributed by atoms with van der Waals surface area (Å²) in [7, 11) is 4.39. The molecular weight excluding hydrogens is 220 g/mol. The number of nitrogens with one attached hydrogen (secondary N) is 1. The van der Waals surface area contributed by atoms with E-state index >= 15 is 0 Å². The first kappa shape index (κ1) is 11.8. The Morgan fingerprint density at radius 2 is 1.89 bits per heavy atom. The van der Waals surface area contributed by atoms with Crippen molar-refractivity contribution in [2.24, 2.45) is 0 Å². The second-order valence-electron chi connectivity index (χ2n) is 5.89. The van der Waals surface area contributed by atoms with E-state index in [-0.39, 0.29) is 0 Å². The first-order valence-electron chi connectivity index (χ1n) is 6.84. The van der Waals surface area contributed by atoms with E-state index in [1.54, 1.807) is 5.56 Å². The number of aryl methyl sites for hydroxylation is 3. The predicted molar refractivity (Wildman–Crippen MR) is 77.3 cm³/mol. The molecule has 1 N–H and O–H groups in total. The third-order valence-electron chi connectivity index (χ3n) is 4.46. The minimum absolute atomic E-state index is 0.691. The second-order valence-corrected chi connectivity index (χ2v) is 5.89. The van der Waals surface area contributed by atoms with E-state index in [1.807, 2.05) is 0 Å². The molecule has 1 aromatic heterocycles. The molecule has 2 aromatic rings. The molecule has 1 unspecified atom stereocenters. The van der Waals surface area contributed by atoms with Gasteiger partial charge in [-0.15, -0.1) is 0 Å². The van der Waals surface area contributed by atoms with E-state index in [2.05, 4.69) is 50.0 Å². The van der Waals surface area contributed by atoms with Crippen molar-refractivity contribution < 1.29 is 0 Å². The Labute approximate surface area is 109 Å². The number of fused-ring (bicyclic) bond motifs is 3. The lowest BCUT2D eigenvalue weighted by atomic mass is 9.89. The molecule has 1 aliphatic carbocycles. The highest BCUT2D eigenvalue weighted by Crippen LogP contribution is 2.33. The number of hydrogen-bond donors (Lipinski definition) is 1. The van der Waals surface area contributed by atoms with Gasteiger partial charge in [-0.05, 0) is 63.9 Å². The van der Waals surface area contributed by atoms with Crippen LogP contribution in [0, 0.1) is 13.8 Å². The van der Waals surface area contributed by atoms with Gasteiger partial charge in [-0.2, -0.15) is 0 Å². The Balaban J connectivity index is 2.18. The molecule has 96 valence electrons. The summed E-state index contributed by atoms with van der Waals surface area (Å²) < 4.78 is 0. The van der Waals surface area contributed by atoms with Crippen LogP contribution in [0.2, 0.25) is 0 Å². The van der Waals surface area contributed by atoms with Crippen LogP contribution < -0.4 is 0 Å². The molecule has 0 fully saturated rings. The Kier molecular flexibility index (Phi) is 2.70. The van der Waals surface area contributed by atoms with E-state index in [0.717, 1.165) is 0 Å². The summed E-state index contributed by atoms with van der Waals surface area (Å²) in [6.45, 7) is 4.43. The molecular formula is C16H22N2. The van der Waals surface area contributed by atoms with Gasteiger partial charge in [0.1, 0.15) is 0 Å². The van der Waals surface area contributed by atoms with E-state index in [4.69, 9.17) is 0 Å². The zero-order chi connectivity index (χ0) is 12.9. The van der Waals surface area contributed by atoms with Crippen LogP contribution in [-0.4, -0.2) is 30.0 Å². The number of nitrogens with zero attached hydrogens (tertiary/aromatic N) is 1. The van der Waals surface area contributed by atoms with E-state index in [9.17, 15) is 0 Å². The lowest BCUT2D eigenvalue weighted by Gasteiger charge is -2.28. The predicted octanol–water partition coefficient (Wildman–Crippen LogP) is 3.20. The summed E-state index contributed by atoms with van der Waals surface area (Å²) in [5.41, 5.74) is 7.18. The van der Waals surface area contributed by atoms with E-state index in [1.165, 1.54) is 47.0 Å². The smallest absolute Gasteiger partial charge is 0.0491 e. The molecule has 1 aliphatic rings. The molecule has 1 heterocycles. The van der Waals surface area contributed by atoms with Crippen molar-refractivity contribution in [2.75, 3.05) is 14.1 Å². The number of hydrogen-bond acceptors (Lipinski definition) is 1. The van der Waals surface area contributed by atoms with Gasteiger partial charge < -0.3 is 9.88 Å². The number of likely N-dealkylation sites (N-methyl/N-ethyl adjacent to an activating group) is 1. The van der Waals surface area contributed by atoms with Crippen LogP contribution in [0.15, 0.2) is 12.1 Å². The molecule has 0 spiro atoms. The maximum absolute atomic E-state index is 3.67. The van der Waals surface area contributed by atoms with Crippen LogP contribution >= 0.6 is 0 Å². The van der Waals surface area contributed by atoms with Crippen LogP contribution in [0.1, 0.15) is 28.8 Å². The van der Waals surface area contributed by atoms with Crippen molar-refractivity contribution in [3.8, 4) is 0 Å². The van der Waals surface area contributed by atoms with Crippen molar-refractivity contribution in [1.29, 1.82) is 0 Å². The third-order valence-corrected chi connectivity index (χ3v) is 4.46. The second kappa shape index (κ2) is 4.13. The van der Waals surface area contributed by atoms with Gasteiger partial charge in [0.2, 0.25) is 0 Å². The van der Waals surface area contributed by atoms with Gasteiger partial charge in [0.15, 0.2) is 0 Å². The Bertz CT molecular complexity index is 593. The molecule has 2 heteroatoms. The van der Waals surface area contributed by atoms with Gasteiger partial charge in [0.25, 0.3) is 0 Å². The molecule has 0 saturated heterocycles. The Morgan fingerprint density at radius 3 is 2.61 bits per heavy atom. The molecule has 1 atom stereocenters. The van der Waals surface area contributed by atoms with Crippen molar-refractivity contribution in [1.82, 2.24) is 9.88 Å². The van der Waals surface area contributed by atoms with Crippen LogP contribution in [0.3, 0.4) is 0 Å². The maximum Gasteiger partial charge on any atom is 0.0491 e. The highest BCUT2D eigenvalue weighted by Gasteiger charge is 2.24. The van der Waals surface area contributed by atoms with Crippen LogP contribution in [-0.2, 0) is 12.8 Å². The van der Waals surface area contributed by atoms with Gasteiger partial charge in [-0.25, -0.2) is 0 Å². The van der Waals surface area contributed by atoms with Crippen molar-refractivity contribution in [3.05, 3.63) is 34.5 Å². The SMILES string of the molecule is Cc1ccc(C)c2c3c([nH]c12)CCC(N(C)C)C3. The Morgan fingerprint density at radius 1 is 1.17 bits per heavy atom. The summed E-state index contributed by atoms with van der Waals surface area (Å²) >= 11 is 0. The molecule has 0 amide bonds. The minimum Gasteiger partial charge on any atom is -0.358 e. The number of aromatic nitrogens is 1. The molecule has 0 saturated carbocycles. The van der Waals surface area contributed by atoms with E-state index in [0.29, 0.717) is 6.04 Å². The first-order chi connectivity index (χ1) is 8.58. The molecule has 1 aromatic carbocycles. The summed E-state index contributed by atoms with van der Waals surface area (Å²) in [6.07, 6.45) is 3.64. The van der Waals surface area contributed by atoms with Crippen molar-refractivity contribution in [3.63, 3.8) is 0 Å². The summed E-state index contributed by atoms with van der Waals surface area (Å²) in [5.74, 6) is 0. The van der Waals surface area contributed by atoms with Crippen LogP contribution in [0.4, 0.5) is 0 Å². The molecule has 3 rings (SSSR count). The number of aromatic amines is 1. The lowest BCUT2D eigenvalue weighted by Crippen LogP contribution is -2.33. The molecule has 18 heavy (non-hydrogen) atoms. The average molecular weight is 242 g/mol. The number of H-pyrrole nitrogens is 1. The number of benzene rings is 1. The standard InChI is InChI=1S/C16H22N2/c1-10-5-6-11(2)16-15(10)13-9-12(18(3)4)7-8-14(13)17-16/h5-6,12,17H,7-9H2,1-4H3. The highest BCUT2D eigenvalue weighted by molar-refractivity contribution is 5.90. The average Bonchev–Trinajstić information content (AvgIpc) is 2.73. The maximum atomic E-state index is 3.67. The van der Waals surface area contributed by atoms with Gasteiger partial charge >= 0.3 is 0 Å². The van der Waals surface area contributed by atoms with Gasteiger partial charge in [0.05, 0.1) is 0 Å². The summed E-state index contributed by atoms with van der Waals surface area (Å²) in [4.78, 5) is 6.03.